The van der Waals surface area contributed by atoms with Crippen LogP contribution in [0.2, 0.25) is 0 Å². The Kier molecular flexibility index (Phi) is 4.32. The second kappa shape index (κ2) is 5.98. The highest BCUT2D eigenvalue weighted by molar-refractivity contribution is 5.96. The Bertz CT molecular complexity index is 526. The summed E-state index contributed by atoms with van der Waals surface area (Å²) in [6.45, 7) is 2.71. The molecule has 0 aliphatic carbocycles. The normalized spacial score (nSPS) is 21.2. The molecule has 1 amide bonds. The zero-order valence-electron chi connectivity index (χ0n) is 11.1. The number of hydrogen-bond acceptors (Lipinski definition) is 3. The third-order valence-corrected chi connectivity index (χ3v) is 3.57. The molecule has 0 aromatic heterocycles. The monoisotopic (exact) mass is 282 g/mol. The summed E-state index contributed by atoms with van der Waals surface area (Å²) in [7, 11) is 0. The molecule has 0 spiro atoms. The number of amides is 1. The molecule has 1 aromatic carbocycles. The van der Waals surface area contributed by atoms with Gasteiger partial charge in [0, 0.05) is 37.1 Å². The highest BCUT2D eigenvalue weighted by Gasteiger charge is 2.28. The van der Waals surface area contributed by atoms with Gasteiger partial charge in [-0.05, 0) is 18.6 Å². The smallest absolute Gasteiger partial charge is 0.254 e. The predicted molar refractivity (Wildman–Crippen MR) is 69.9 cm³/mol. The van der Waals surface area contributed by atoms with Crippen molar-refractivity contribution in [3.8, 4) is 0 Å². The first-order valence-corrected chi connectivity index (χ1v) is 6.51. The molecule has 1 aliphatic rings. The minimum absolute atomic E-state index is 0.00161. The molecule has 1 heterocycles. The number of carbonyl (C=O) groups excluding carboxylic acids is 1. The van der Waals surface area contributed by atoms with E-state index >= 15 is 0 Å². The number of carbonyl (C=O) groups is 1. The number of hydrogen-bond donors (Lipinski definition) is 1. The van der Waals surface area contributed by atoms with E-state index in [2.05, 4.69) is 5.16 Å². The van der Waals surface area contributed by atoms with Gasteiger partial charge in [-0.25, -0.2) is 8.78 Å². The standard InChI is InChI=1S/C14H16F2N2O2/c1-2-9-8-18(4-3-13(9)17-20)14(19)10-5-11(15)7-12(16)6-10/h5-7,9,20H,2-4,8H2,1H3/b17-13+. The van der Waals surface area contributed by atoms with Gasteiger partial charge >= 0.3 is 0 Å². The van der Waals surface area contributed by atoms with Crippen molar-refractivity contribution in [2.75, 3.05) is 13.1 Å². The molecule has 1 fully saturated rings. The summed E-state index contributed by atoms with van der Waals surface area (Å²) in [6.07, 6.45) is 1.21. The third kappa shape index (κ3) is 2.95. The summed E-state index contributed by atoms with van der Waals surface area (Å²) in [4.78, 5) is 13.8. The Morgan fingerprint density at radius 1 is 1.40 bits per heavy atom. The van der Waals surface area contributed by atoms with E-state index in [-0.39, 0.29) is 11.5 Å². The lowest BCUT2D eigenvalue weighted by Gasteiger charge is -2.32. The SMILES string of the molecule is CCC1CN(C(=O)c2cc(F)cc(F)c2)CC/C1=N\O. The highest BCUT2D eigenvalue weighted by Crippen LogP contribution is 2.20. The summed E-state index contributed by atoms with van der Waals surface area (Å²) in [5.74, 6) is -1.96. The molecule has 108 valence electrons. The Morgan fingerprint density at radius 2 is 2.05 bits per heavy atom. The first-order chi connectivity index (χ1) is 9.55. The summed E-state index contributed by atoms with van der Waals surface area (Å²) >= 11 is 0. The van der Waals surface area contributed by atoms with E-state index in [0.29, 0.717) is 25.2 Å². The van der Waals surface area contributed by atoms with Crippen LogP contribution >= 0.6 is 0 Å². The van der Waals surface area contributed by atoms with Gasteiger partial charge in [0.25, 0.3) is 5.91 Å². The minimum atomic E-state index is -0.769. The van der Waals surface area contributed by atoms with Gasteiger partial charge in [0.2, 0.25) is 0 Å². The lowest BCUT2D eigenvalue weighted by atomic mass is 9.93. The topological polar surface area (TPSA) is 52.9 Å². The van der Waals surface area contributed by atoms with E-state index in [0.717, 1.165) is 24.6 Å². The van der Waals surface area contributed by atoms with Gasteiger partial charge in [-0.3, -0.25) is 4.79 Å². The van der Waals surface area contributed by atoms with E-state index < -0.39 is 17.5 Å². The maximum atomic E-state index is 13.2. The van der Waals surface area contributed by atoms with Crippen molar-refractivity contribution in [2.45, 2.75) is 19.8 Å². The van der Waals surface area contributed by atoms with Crippen LogP contribution in [0, 0.1) is 17.6 Å². The summed E-state index contributed by atoms with van der Waals surface area (Å²) in [5.41, 5.74) is 0.670. The van der Waals surface area contributed by atoms with Crippen LogP contribution < -0.4 is 0 Å². The Labute approximate surface area is 115 Å². The third-order valence-electron chi connectivity index (χ3n) is 3.57. The molecule has 4 nitrogen and oxygen atoms in total. The molecule has 2 rings (SSSR count). The second-order valence-corrected chi connectivity index (χ2v) is 4.86. The van der Waals surface area contributed by atoms with Crippen LogP contribution in [0.4, 0.5) is 8.78 Å². The Balaban J connectivity index is 2.17. The molecule has 20 heavy (non-hydrogen) atoms. The van der Waals surface area contributed by atoms with E-state index in [1.54, 1.807) is 0 Å². The number of rotatable bonds is 2. The van der Waals surface area contributed by atoms with Crippen LogP contribution in [0.1, 0.15) is 30.1 Å². The van der Waals surface area contributed by atoms with Crippen molar-refractivity contribution in [3.05, 3.63) is 35.4 Å². The molecule has 1 aromatic rings. The molecule has 6 heteroatoms. The fourth-order valence-electron chi connectivity index (χ4n) is 2.46. The summed E-state index contributed by atoms with van der Waals surface area (Å²) in [6, 6.07) is 2.79. The lowest BCUT2D eigenvalue weighted by Crippen LogP contribution is -2.44. The molecule has 1 saturated heterocycles. The van der Waals surface area contributed by atoms with Gasteiger partial charge in [-0.15, -0.1) is 0 Å². The zero-order valence-corrected chi connectivity index (χ0v) is 11.1. The fourth-order valence-corrected chi connectivity index (χ4v) is 2.46. The van der Waals surface area contributed by atoms with Gasteiger partial charge in [0.05, 0.1) is 5.71 Å². The number of likely N-dealkylation sites (tertiary alicyclic amines) is 1. The van der Waals surface area contributed by atoms with Gasteiger partial charge < -0.3 is 10.1 Å². The number of benzene rings is 1. The van der Waals surface area contributed by atoms with E-state index in [1.807, 2.05) is 6.92 Å². The van der Waals surface area contributed by atoms with Crippen LogP contribution in [0.25, 0.3) is 0 Å². The minimum Gasteiger partial charge on any atom is -0.411 e. The van der Waals surface area contributed by atoms with E-state index in [9.17, 15) is 13.6 Å². The fraction of sp³-hybridized carbons (Fsp3) is 0.429. The average Bonchev–Trinajstić information content (AvgIpc) is 2.44. The quantitative estimate of drug-likeness (QED) is 0.669. The first kappa shape index (κ1) is 14.4. The molecular weight excluding hydrogens is 266 g/mol. The van der Waals surface area contributed by atoms with Crippen molar-refractivity contribution in [1.82, 2.24) is 4.90 Å². The van der Waals surface area contributed by atoms with E-state index in [4.69, 9.17) is 5.21 Å². The molecule has 1 atom stereocenters. The molecule has 0 radical (unpaired) electrons. The van der Waals surface area contributed by atoms with Gasteiger partial charge in [0.15, 0.2) is 0 Å². The molecule has 0 saturated carbocycles. The van der Waals surface area contributed by atoms with Gasteiger partial charge in [-0.2, -0.15) is 0 Å². The van der Waals surface area contributed by atoms with E-state index in [1.165, 1.54) is 4.90 Å². The largest absolute Gasteiger partial charge is 0.411 e. The van der Waals surface area contributed by atoms with Crippen LogP contribution in [0.15, 0.2) is 23.4 Å². The molecule has 0 bridgehead atoms. The van der Waals surface area contributed by atoms with Gasteiger partial charge in [0.1, 0.15) is 11.6 Å². The number of piperidine rings is 1. The van der Waals surface area contributed by atoms with Crippen LogP contribution in [0.5, 0.6) is 0 Å². The Hall–Kier alpha value is -1.98. The van der Waals surface area contributed by atoms with Crippen molar-refractivity contribution in [2.24, 2.45) is 11.1 Å². The van der Waals surface area contributed by atoms with Crippen molar-refractivity contribution < 1.29 is 18.8 Å². The maximum Gasteiger partial charge on any atom is 0.254 e. The van der Waals surface area contributed by atoms with Crippen LogP contribution in [-0.4, -0.2) is 34.8 Å². The number of nitrogens with zero attached hydrogens (tertiary/aromatic N) is 2. The second-order valence-electron chi connectivity index (χ2n) is 4.86. The number of oxime groups is 1. The maximum absolute atomic E-state index is 13.2. The number of halogens is 2. The predicted octanol–water partition coefficient (Wildman–Crippen LogP) is 2.67. The van der Waals surface area contributed by atoms with Gasteiger partial charge in [-0.1, -0.05) is 12.1 Å². The van der Waals surface area contributed by atoms with Crippen LogP contribution in [-0.2, 0) is 0 Å². The Morgan fingerprint density at radius 3 is 2.60 bits per heavy atom. The zero-order chi connectivity index (χ0) is 14.7. The van der Waals surface area contributed by atoms with Crippen molar-refractivity contribution >= 4 is 11.6 Å². The highest BCUT2D eigenvalue weighted by atomic mass is 19.1. The molecular formula is C14H16F2N2O2. The van der Waals surface area contributed by atoms with Crippen molar-refractivity contribution in [1.29, 1.82) is 0 Å². The summed E-state index contributed by atoms with van der Waals surface area (Å²) in [5, 5.41) is 12.1. The molecule has 1 unspecified atom stereocenters. The van der Waals surface area contributed by atoms with Crippen molar-refractivity contribution in [3.63, 3.8) is 0 Å². The molecule has 1 N–H and O–H groups in total. The van der Waals surface area contributed by atoms with Crippen LogP contribution in [0.3, 0.4) is 0 Å². The summed E-state index contributed by atoms with van der Waals surface area (Å²) < 4.78 is 26.3. The average molecular weight is 282 g/mol. The molecule has 1 aliphatic heterocycles. The lowest BCUT2D eigenvalue weighted by molar-refractivity contribution is 0.0728. The first-order valence-electron chi connectivity index (χ1n) is 6.51.